The predicted octanol–water partition coefficient (Wildman–Crippen LogP) is 2.95. The highest BCUT2D eigenvalue weighted by atomic mass is 32.2. The van der Waals surface area contributed by atoms with E-state index in [9.17, 15) is 13.2 Å². The van der Waals surface area contributed by atoms with E-state index >= 15 is 0 Å². The smallest absolute Gasteiger partial charge is 0.243 e. The lowest BCUT2D eigenvalue weighted by atomic mass is 10.2. The molecule has 6 heteroatoms. The van der Waals surface area contributed by atoms with Gasteiger partial charge in [0.05, 0.1) is 11.4 Å². The quantitative estimate of drug-likeness (QED) is 0.874. The van der Waals surface area contributed by atoms with Crippen molar-refractivity contribution in [1.82, 2.24) is 4.31 Å². The molecule has 5 nitrogen and oxygen atoms in total. The maximum absolute atomic E-state index is 12.7. The number of nitrogens with one attached hydrogen (secondary N) is 1. The SMILES string of the molecule is CCN(CC(=O)Nc1cccc(C)c1)S(=O)(=O)c1ccc(C)cc1. The molecule has 0 saturated heterocycles. The highest BCUT2D eigenvalue weighted by molar-refractivity contribution is 7.89. The first kappa shape index (κ1) is 18.2. The van der Waals surface area contributed by atoms with E-state index in [0.717, 1.165) is 11.1 Å². The third-order valence-electron chi connectivity index (χ3n) is 3.63. The number of likely N-dealkylation sites (N-methyl/N-ethyl adjacent to an activating group) is 1. The van der Waals surface area contributed by atoms with E-state index in [1.807, 2.05) is 32.0 Å². The summed E-state index contributed by atoms with van der Waals surface area (Å²) in [5.74, 6) is -0.363. The molecular formula is C18H22N2O3S. The van der Waals surface area contributed by atoms with Crippen molar-refractivity contribution in [2.75, 3.05) is 18.4 Å². The largest absolute Gasteiger partial charge is 0.325 e. The number of anilines is 1. The van der Waals surface area contributed by atoms with Crippen LogP contribution in [0, 0.1) is 13.8 Å². The first-order valence-corrected chi connectivity index (χ1v) is 9.20. The molecule has 0 radical (unpaired) electrons. The Balaban J connectivity index is 2.13. The number of aryl methyl sites for hydroxylation is 2. The second-order valence-electron chi connectivity index (χ2n) is 5.66. The van der Waals surface area contributed by atoms with Crippen LogP contribution in [-0.2, 0) is 14.8 Å². The summed E-state index contributed by atoms with van der Waals surface area (Å²) in [4.78, 5) is 12.4. The van der Waals surface area contributed by atoms with Crippen molar-refractivity contribution in [1.29, 1.82) is 0 Å². The van der Waals surface area contributed by atoms with Gasteiger partial charge in [-0.2, -0.15) is 4.31 Å². The molecule has 0 heterocycles. The Kier molecular flexibility index (Phi) is 5.75. The molecule has 0 aliphatic carbocycles. The molecule has 2 aromatic carbocycles. The van der Waals surface area contributed by atoms with Gasteiger partial charge in [-0.1, -0.05) is 36.8 Å². The molecule has 0 spiro atoms. The van der Waals surface area contributed by atoms with E-state index < -0.39 is 10.0 Å². The summed E-state index contributed by atoms with van der Waals surface area (Å²) in [7, 11) is -3.69. The van der Waals surface area contributed by atoms with E-state index in [0.29, 0.717) is 5.69 Å². The maximum Gasteiger partial charge on any atom is 0.243 e. The number of benzene rings is 2. The Morgan fingerprint density at radius 3 is 2.29 bits per heavy atom. The van der Waals surface area contributed by atoms with Crippen LogP contribution in [0.2, 0.25) is 0 Å². The molecule has 2 rings (SSSR count). The number of carbonyl (C=O) groups is 1. The third kappa shape index (κ3) is 4.43. The van der Waals surface area contributed by atoms with Crippen LogP contribution in [0.1, 0.15) is 18.1 Å². The summed E-state index contributed by atoms with van der Waals surface area (Å²) in [5, 5.41) is 2.74. The number of hydrogen-bond donors (Lipinski definition) is 1. The summed E-state index contributed by atoms with van der Waals surface area (Å²) in [5.41, 5.74) is 2.66. The van der Waals surface area contributed by atoms with Crippen LogP contribution in [0.15, 0.2) is 53.4 Å². The molecule has 0 atom stereocenters. The van der Waals surface area contributed by atoms with E-state index in [-0.39, 0.29) is 23.9 Å². The van der Waals surface area contributed by atoms with Gasteiger partial charge in [0, 0.05) is 12.2 Å². The molecule has 0 aliphatic heterocycles. The van der Waals surface area contributed by atoms with Crippen molar-refractivity contribution >= 4 is 21.6 Å². The number of nitrogens with zero attached hydrogens (tertiary/aromatic N) is 1. The van der Waals surface area contributed by atoms with Crippen LogP contribution in [0.25, 0.3) is 0 Å². The Morgan fingerprint density at radius 2 is 1.71 bits per heavy atom. The lowest BCUT2D eigenvalue weighted by Gasteiger charge is -2.20. The molecule has 2 aromatic rings. The lowest BCUT2D eigenvalue weighted by molar-refractivity contribution is -0.116. The van der Waals surface area contributed by atoms with Crippen LogP contribution in [0.3, 0.4) is 0 Å². The van der Waals surface area contributed by atoms with Crippen molar-refractivity contribution < 1.29 is 13.2 Å². The molecule has 1 amide bonds. The zero-order chi connectivity index (χ0) is 17.7. The fraction of sp³-hybridized carbons (Fsp3) is 0.278. The average Bonchev–Trinajstić information content (AvgIpc) is 2.53. The highest BCUT2D eigenvalue weighted by Crippen LogP contribution is 2.16. The molecule has 0 aromatic heterocycles. The highest BCUT2D eigenvalue weighted by Gasteiger charge is 2.25. The predicted molar refractivity (Wildman–Crippen MR) is 95.4 cm³/mol. The number of rotatable bonds is 6. The zero-order valence-electron chi connectivity index (χ0n) is 14.1. The van der Waals surface area contributed by atoms with Gasteiger partial charge in [-0.3, -0.25) is 4.79 Å². The number of carbonyl (C=O) groups excluding carboxylic acids is 1. The van der Waals surface area contributed by atoms with Crippen molar-refractivity contribution in [2.45, 2.75) is 25.7 Å². The zero-order valence-corrected chi connectivity index (χ0v) is 14.9. The Labute approximate surface area is 143 Å². The molecule has 0 fully saturated rings. The summed E-state index contributed by atoms with van der Waals surface area (Å²) < 4.78 is 26.5. The van der Waals surface area contributed by atoms with Gasteiger partial charge >= 0.3 is 0 Å². The first-order valence-electron chi connectivity index (χ1n) is 7.76. The fourth-order valence-corrected chi connectivity index (χ4v) is 3.71. The van der Waals surface area contributed by atoms with Crippen molar-refractivity contribution in [3.05, 3.63) is 59.7 Å². The van der Waals surface area contributed by atoms with Gasteiger partial charge in [-0.15, -0.1) is 0 Å². The van der Waals surface area contributed by atoms with Crippen molar-refractivity contribution in [3.8, 4) is 0 Å². The van der Waals surface area contributed by atoms with Crippen molar-refractivity contribution in [2.24, 2.45) is 0 Å². The monoisotopic (exact) mass is 346 g/mol. The van der Waals surface area contributed by atoms with E-state index in [1.54, 1.807) is 37.3 Å². The standard InChI is InChI=1S/C18H22N2O3S/c1-4-20(24(22,23)17-10-8-14(2)9-11-17)13-18(21)19-16-7-5-6-15(3)12-16/h5-12H,4,13H2,1-3H3,(H,19,21). The molecule has 0 bridgehead atoms. The van der Waals surface area contributed by atoms with Gasteiger partial charge in [-0.25, -0.2) is 8.42 Å². The summed E-state index contributed by atoms with van der Waals surface area (Å²) >= 11 is 0. The second kappa shape index (κ2) is 7.59. The Bertz CT molecular complexity index is 814. The second-order valence-corrected chi connectivity index (χ2v) is 7.60. The van der Waals surface area contributed by atoms with Gasteiger partial charge in [0.2, 0.25) is 15.9 Å². The fourth-order valence-electron chi connectivity index (χ4n) is 2.31. The van der Waals surface area contributed by atoms with Crippen LogP contribution in [-0.4, -0.2) is 31.7 Å². The van der Waals surface area contributed by atoms with E-state index in [1.165, 1.54) is 4.31 Å². The minimum Gasteiger partial charge on any atom is -0.325 e. The number of sulfonamides is 1. The van der Waals surface area contributed by atoms with E-state index in [4.69, 9.17) is 0 Å². The Hall–Kier alpha value is -2.18. The van der Waals surface area contributed by atoms with E-state index in [2.05, 4.69) is 5.32 Å². The number of amides is 1. The molecule has 0 aliphatic rings. The maximum atomic E-state index is 12.7. The van der Waals surface area contributed by atoms with Gasteiger partial charge in [-0.05, 0) is 43.7 Å². The van der Waals surface area contributed by atoms with Crippen LogP contribution in [0.4, 0.5) is 5.69 Å². The Morgan fingerprint density at radius 1 is 1.04 bits per heavy atom. The minimum atomic E-state index is -3.69. The lowest BCUT2D eigenvalue weighted by Crippen LogP contribution is -2.37. The number of hydrogen-bond acceptors (Lipinski definition) is 3. The van der Waals surface area contributed by atoms with Gasteiger partial charge in [0.15, 0.2) is 0 Å². The summed E-state index contributed by atoms with van der Waals surface area (Å²) in [6, 6.07) is 14.0. The van der Waals surface area contributed by atoms with Gasteiger partial charge in [0.1, 0.15) is 0 Å². The summed E-state index contributed by atoms with van der Waals surface area (Å²) in [6.07, 6.45) is 0. The summed E-state index contributed by atoms with van der Waals surface area (Å²) in [6.45, 7) is 5.53. The third-order valence-corrected chi connectivity index (χ3v) is 5.57. The van der Waals surface area contributed by atoms with Crippen LogP contribution >= 0.6 is 0 Å². The molecule has 24 heavy (non-hydrogen) atoms. The minimum absolute atomic E-state index is 0.193. The van der Waals surface area contributed by atoms with Crippen LogP contribution < -0.4 is 5.32 Å². The molecule has 128 valence electrons. The molecule has 0 saturated carbocycles. The van der Waals surface area contributed by atoms with Crippen LogP contribution in [0.5, 0.6) is 0 Å². The van der Waals surface area contributed by atoms with Gasteiger partial charge in [0.25, 0.3) is 0 Å². The van der Waals surface area contributed by atoms with Crippen molar-refractivity contribution in [3.63, 3.8) is 0 Å². The average molecular weight is 346 g/mol. The molecular weight excluding hydrogens is 324 g/mol. The molecule has 1 N–H and O–H groups in total. The topological polar surface area (TPSA) is 66.5 Å². The normalized spacial score (nSPS) is 11.5. The molecule has 0 unspecified atom stereocenters. The van der Waals surface area contributed by atoms with Gasteiger partial charge < -0.3 is 5.32 Å². The first-order chi connectivity index (χ1) is 11.3.